The van der Waals surface area contributed by atoms with Gasteiger partial charge < -0.3 is 15.0 Å². The molecule has 15 nitrogen and oxygen atoms in total. The van der Waals surface area contributed by atoms with Gasteiger partial charge in [-0.25, -0.2) is 4.79 Å². The Labute approximate surface area is 335 Å². The summed E-state index contributed by atoms with van der Waals surface area (Å²) in [5.41, 5.74) is 3.25. The third kappa shape index (κ3) is 8.57. The number of urea groups is 1. The molecule has 2 aromatic carbocycles. The minimum atomic E-state index is -0.418. The molecule has 0 atom stereocenters. The Hall–Kier alpha value is -5.59. The molecular formula is C41H45ClN10O5. The Balaban J connectivity index is 0.758. The summed E-state index contributed by atoms with van der Waals surface area (Å²) in [6, 6.07) is 16.3. The molecule has 296 valence electrons. The quantitative estimate of drug-likeness (QED) is 0.235. The van der Waals surface area contributed by atoms with Gasteiger partial charge >= 0.3 is 6.03 Å². The number of ether oxygens (including phenoxy) is 1. The summed E-state index contributed by atoms with van der Waals surface area (Å²) in [6.45, 7) is 3.58. The molecule has 4 fully saturated rings. The molecule has 3 aliphatic heterocycles. The molecule has 3 saturated heterocycles. The summed E-state index contributed by atoms with van der Waals surface area (Å²) in [5, 5.41) is 29.2. The summed E-state index contributed by atoms with van der Waals surface area (Å²) >= 11 is 6.14. The first-order valence-corrected chi connectivity index (χ1v) is 20.2. The van der Waals surface area contributed by atoms with E-state index < -0.39 is 6.03 Å². The van der Waals surface area contributed by atoms with Crippen molar-refractivity contribution in [3.8, 4) is 11.8 Å². The monoisotopic (exact) mass is 792 g/mol. The second-order valence-electron chi connectivity index (χ2n) is 15.4. The molecule has 1 aliphatic carbocycles. The fraction of sp³-hybridized carbons (Fsp3) is 0.463. The van der Waals surface area contributed by atoms with Crippen molar-refractivity contribution in [2.45, 2.75) is 81.9 Å². The van der Waals surface area contributed by atoms with E-state index in [1.165, 1.54) is 0 Å². The molecule has 5 heterocycles. The zero-order valence-corrected chi connectivity index (χ0v) is 32.4. The van der Waals surface area contributed by atoms with E-state index in [-0.39, 0.29) is 48.2 Å². The van der Waals surface area contributed by atoms with Gasteiger partial charge in [-0.3, -0.25) is 34.2 Å². The van der Waals surface area contributed by atoms with Crippen molar-refractivity contribution in [2.75, 3.05) is 44.2 Å². The summed E-state index contributed by atoms with van der Waals surface area (Å²) in [7, 11) is 0. The molecule has 2 aromatic heterocycles. The van der Waals surface area contributed by atoms with Crippen LogP contribution in [0.15, 0.2) is 54.7 Å². The van der Waals surface area contributed by atoms with Crippen molar-refractivity contribution >= 4 is 51.9 Å². The number of nitrogens with one attached hydrogen (secondary N) is 2. The zero-order valence-electron chi connectivity index (χ0n) is 31.6. The van der Waals surface area contributed by atoms with Gasteiger partial charge in [0.15, 0.2) is 5.69 Å². The normalized spacial score (nSPS) is 21.3. The summed E-state index contributed by atoms with van der Waals surface area (Å²) in [5.74, 6) is 0.494. The fourth-order valence-corrected chi connectivity index (χ4v) is 8.74. The van der Waals surface area contributed by atoms with Gasteiger partial charge in [0.05, 0.1) is 52.4 Å². The lowest BCUT2D eigenvalue weighted by atomic mass is 9.92. The van der Waals surface area contributed by atoms with Crippen LogP contribution < -0.4 is 20.3 Å². The minimum absolute atomic E-state index is 0.0170. The Morgan fingerprint density at radius 1 is 0.930 bits per heavy atom. The van der Waals surface area contributed by atoms with Gasteiger partial charge in [0.1, 0.15) is 11.8 Å². The summed E-state index contributed by atoms with van der Waals surface area (Å²) in [6.07, 6.45) is 8.49. The predicted octanol–water partition coefficient (Wildman–Crippen LogP) is 4.96. The molecule has 0 unspecified atom stereocenters. The van der Waals surface area contributed by atoms with Crippen LogP contribution in [0.1, 0.15) is 91.5 Å². The van der Waals surface area contributed by atoms with Gasteiger partial charge in [-0.15, -0.1) is 5.10 Å². The minimum Gasteiger partial charge on any atom is -0.490 e. The number of carbonyl (C=O) groups is 4. The van der Waals surface area contributed by atoms with E-state index in [1.807, 2.05) is 33.8 Å². The highest BCUT2D eigenvalue weighted by atomic mass is 35.5. The Morgan fingerprint density at radius 2 is 1.72 bits per heavy atom. The number of carbonyl (C=O) groups excluding carboxylic acids is 4. The van der Waals surface area contributed by atoms with E-state index in [9.17, 15) is 19.2 Å². The molecule has 8 rings (SSSR count). The SMILES string of the molecule is N#Cc1ccc(O[C@H]2CC[C@H](NC(=O)c3ccc(C4CCN(CC(=O)N5CCC(n6ncc7c(N8CCC(=O)NC8=O)cccc76)CC5)CC4)nn3)CC2)cc1Cl. The van der Waals surface area contributed by atoms with Gasteiger partial charge in [0.25, 0.3) is 5.91 Å². The van der Waals surface area contributed by atoms with Gasteiger partial charge in [0.2, 0.25) is 11.8 Å². The van der Waals surface area contributed by atoms with Crippen LogP contribution >= 0.6 is 11.6 Å². The number of piperidine rings is 2. The summed E-state index contributed by atoms with van der Waals surface area (Å²) in [4.78, 5) is 56.3. The fourth-order valence-electron chi connectivity index (χ4n) is 8.53. The highest BCUT2D eigenvalue weighted by Gasteiger charge is 2.31. The number of hydrogen-bond acceptors (Lipinski definition) is 10. The molecule has 16 heteroatoms. The highest BCUT2D eigenvalue weighted by molar-refractivity contribution is 6.31. The highest BCUT2D eigenvalue weighted by Crippen LogP contribution is 2.33. The van der Waals surface area contributed by atoms with E-state index >= 15 is 0 Å². The maximum Gasteiger partial charge on any atom is 0.328 e. The topological polar surface area (TPSA) is 179 Å². The molecule has 5 amide bonds. The van der Waals surface area contributed by atoms with Crippen LogP contribution in [0.25, 0.3) is 10.9 Å². The van der Waals surface area contributed by atoms with E-state index in [2.05, 4.69) is 31.8 Å². The van der Waals surface area contributed by atoms with Crippen molar-refractivity contribution in [1.82, 2.24) is 40.4 Å². The average Bonchev–Trinajstić information content (AvgIpc) is 3.67. The van der Waals surface area contributed by atoms with E-state index in [1.54, 1.807) is 35.4 Å². The van der Waals surface area contributed by atoms with Crippen LogP contribution in [0.4, 0.5) is 10.5 Å². The maximum atomic E-state index is 13.4. The lowest BCUT2D eigenvalue weighted by molar-refractivity contribution is -0.134. The van der Waals surface area contributed by atoms with Crippen LogP contribution in [0, 0.1) is 11.3 Å². The van der Waals surface area contributed by atoms with Crippen molar-refractivity contribution in [2.24, 2.45) is 0 Å². The molecule has 1 saturated carbocycles. The lowest BCUT2D eigenvalue weighted by Gasteiger charge is -2.36. The molecule has 4 aliphatic rings. The van der Waals surface area contributed by atoms with Crippen LogP contribution in [-0.2, 0) is 9.59 Å². The largest absolute Gasteiger partial charge is 0.490 e. The molecular weight excluding hydrogens is 748 g/mol. The van der Waals surface area contributed by atoms with Gasteiger partial charge in [-0.2, -0.15) is 15.5 Å². The van der Waals surface area contributed by atoms with E-state index in [0.717, 1.165) is 86.7 Å². The van der Waals surface area contributed by atoms with E-state index in [4.69, 9.17) is 26.7 Å². The van der Waals surface area contributed by atoms with Crippen molar-refractivity contribution < 1.29 is 23.9 Å². The average molecular weight is 793 g/mol. The number of fused-ring (bicyclic) bond motifs is 1. The lowest BCUT2D eigenvalue weighted by Crippen LogP contribution is -2.49. The third-order valence-corrected chi connectivity index (χ3v) is 12.1. The second kappa shape index (κ2) is 16.9. The first-order valence-electron chi connectivity index (χ1n) is 19.8. The maximum absolute atomic E-state index is 13.4. The number of nitrogens with zero attached hydrogens (tertiary/aromatic N) is 8. The van der Waals surface area contributed by atoms with Crippen LogP contribution in [0.3, 0.4) is 0 Å². The number of anilines is 1. The van der Waals surface area contributed by atoms with Crippen molar-refractivity contribution in [3.05, 3.63) is 76.7 Å². The Bertz CT molecular complexity index is 2180. The molecule has 4 aromatic rings. The van der Waals surface area contributed by atoms with E-state index in [0.29, 0.717) is 48.2 Å². The number of aromatic nitrogens is 4. The number of amides is 5. The molecule has 2 N–H and O–H groups in total. The van der Waals surface area contributed by atoms with Crippen LogP contribution in [-0.4, -0.2) is 105 Å². The first kappa shape index (κ1) is 38.3. The number of imide groups is 1. The number of rotatable bonds is 9. The van der Waals surface area contributed by atoms with Gasteiger partial charge in [0, 0.05) is 49.5 Å². The Kier molecular flexibility index (Phi) is 11.3. The number of nitriles is 1. The first-order chi connectivity index (χ1) is 27.7. The predicted molar refractivity (Wildman–Crippen MR) is 211 cm³/mol. The number of likely N-dealkylation sites (tertiary alicyclic amines) is 2. The molecule has 0 radical (unpaired) electrons. The zero-order chi connectivity index (χ0) is 39.5. The number of hydrogen-bond donors (Lipinski definition) is 2. The molecule has 57 heavy (non-hydrogen) atoms. The molecule has 0 spiro atoms. The number of halogens is 1. The van der Waals surface area contributed by atoms with Crippen molar-refractivity contribution in [3.63, 3.8) is 0 Å². The Morgan fingerprint density at radius 3 is 2.42 bits per heavy atom. The van der Waals surface area contributed by atoms with Crippen LogP contribution in [0.5, 0.6) is 5.75 Å². The van der Waals surface area contributed by atoms with Crippen LogP contribution in [0.2, 0.25) is 5.02 Å². The second-order valence-corrected chi connectivity index (χ2v) is 15.8. The summed E-state index contributed by atoms with van der Waals surface area (Å²) < 4.78 is 8.09. The van der Waals surface area contributed by atoms with Gasteiger partial charge in [-0.05, 0) is 101 Å². The number of benzene rings is 2. The van der Waals surface area contributed by atoms with Gasteiger partial charge in [-0.1, -0.05) is 17.7 Å². The standard InChI is InChI=1S/C41H45ClN10O5/c42-33-22-31(7-4-27(33)23-43)57-30-8-5-28(6-9-30)45-40(55)35-11-10-34(47-48-35)26-12-17-49(18-13-26)25-39(54)50-19-14-29(15-20-50)52-37-3-1-2-36(32(37)24-44-52)51-21-16-38(53)46-41(51)56/h1-4,7,10-11,22,24,26,28-30H,5-6,8-9,12-21,25H2,(H,45,55)(H,46,53,56)/t28-,30-. The third-order valence-electron chi connectivity index (χ3n) is 11.8. The van der Waals surface area contributed by atoms with Crippen molar-refractivity contribution in [1.29, 1.82) is 5.26 Å². The smallest absolute Gasteiger partial charge is 0.328 e. The molecule has 0 bridgehead atoms.